The summed E-state index contributed by atoms with van der Waals surface area (Å²) in [6.07, 6.45) is 0. The van der Waals surface area contributed by atoms with E-state index >= 15 is 0 Å². The standard InChI is InChI=1S/C18H26N2O4S/c1-5-21-25(22-6-2,23-15-7-9-17(19)13(3)11-15)24-16-8-10-18(20)14(4)12-16/h7-12H,5-6,19-20H2,1-4H3. The van der Waals surface area contributed by atoms with Crippen LogP contribution in [0.15, 0.2) is 36.4 Å². The van der Waals surface area contributed by atoms with E-state index in [4.69, 9.17) is 28.2 Å². The molecule has 0 saturated carbocycles. The molecular formula is C18H26N2O4S. The molecule has 7 heteroatoms. The molecule has 6 nitrogen and oxygen atoms in total. The van der Waals surface area contributed by atoms with Gasteiger partial charge in [-0.2, -0.15) is 0 Å². The van der Waals surface area contributed by atoms with Gasteiger partial charge in [0.25, 0.3) is 0 Å². The predicted molar refractivity (Wildman–Crippen MR) is 103 cm³/mol. The Labute approximate surface area is 151 Å². The summed E-state index contributed by atoms with van der Waals surface area (Å²) in [5, 5.41) is 0. The van der Waals surface area contributed by atoms with Crippen LogP contribution in [0.2, 0.25) is 0 Å². The van der Waals surface area contributed by atoms with Crippen LogP contribution >= 0.6 is 11.2 Å². The van der Waals surface area contributed by atoms with E-state index in [1.54, 1.807) is 24.3 Å². The van der Waals surface area contributed by atoms with Crippen molar-refractivity contribution in [2.45, 2.75) is 27.7 Å². The third-order valence-corrected chi connectivity index (χ3v) is 5.25. The van der Waals surface area contributed by atoms with Crippen molar-refractivity contribution < 1.29 is 16.7 Å². The summed E-state index contributed by atoms with van der Waals surface area (Å²) < 4.78 is 23.6. The molecule has 25 heavy (non-hydrogen) atoms. The van der Waals surface area contributed by atoms with Crippen LogP contribution in [0.4, 0.5) is 11.4 Å². The van der Waals surface area contributed by atoms with Crippen molar-refractivity contribution in [3.63, 3.8) is 0 Å². The van der Waals surface area contributed by atoms with Crippen molar-refractivity contribution in [1.29, 1.82) is 0 Å². The second kappa shape index (κ2) is 8.33. The maximum absolute atomic E-state index is 6.02. The van der Waals surface area contributed by atoms with Gasteiger partial charge in [-0.3, -0.25) is 8.37 Å². The fraction of sp³-hybridized carbons (Fsp3) is 0.333. The fourth-order valence-corrected chi connectivity index (χ4v) is 3.62. The molecule has 0 radical (unpaired) electrons. The molecule has 0 saturated heterocycles. The molecular weight excluding hydrogens is 340 g/mol. The first kappa shape index (κ1) is 19.2. The van der Waals surface area contributed by atoms with E-state index in [-0.39, 0.29) is 0 Å². The van der Waals surface area contributed by atoms with Crippen LogP contribution in [-0.4, -0.2) is 13.2 Å². The summed E-state index contributed by atoms with van der Waals surface area (Å²) in [5.74, 6) is 1.13. The van der Waals surface area contributed by atoms with Gasteiger partial charge in [0.1, 0.15) is 11.5 Å². The Balaban J connectivity index is 2.33. The van der Waals surface area contributed by atoms with Gasteiger partial charge in [-0.1, -0.05) is 0 Å². The quantitative estimate of drug-likeness (QED) is 0.670. The summed E-state index contributed by atoms with van der Waals surface area (Å²) in [5.41, 5.74) is 14.9. The monoisotopic (exact) mass is 366 g/mol. The van der Waals surface area contributed by atoms with Crippen molar-refractivity contribution in [3.8, 4) is 11.5 Å². The lowest BCUT2D eigenvalue weighted by atomic mass is 10.2. The highest BCUT2D eigenvalue weighted by Gasteiger charge is 2.32. The third-order valence-electron chi connectivity index (χ3n) is 3.40. The van der Waals surface area contributed by atoms with Gasteiger partial charge < -0.3 is 19.8 Å². The van der Waals surface area contributed by atoms with Crippen molar-refractivity contribution in [2.24, 2.45) is 0 Å². The SMILES string of the molecule is CCOS(OCC)(Oc1ccc(N)c(C)c1)Oc1ccc(N)c(C)c1. The zero-order chi connectivity index (χ0) is 18.4. The molecule has 0 aliphatic heterocycles. The summed E-state index contributed by atoms with van der Waals surface area (Å²) in [4.78, 5) is 0. The topological polar surface area (TPSA) is 89.0 Å². The van der Waals surface area contributed by atoms with Crippen molar-refractivity contribution in [3.05, 3.63) is 47.5 Å². The molecule has 2 aromatic rings. The second-order valence-corrected chi connectivity index (χ2v) is 7.05. The first-order valence-electron chi connectivity index (χ1n) is 8.12. The second-order valence-electron chi connectivity index (χ2n) is 5.42. The van der Waals surface area contributed by atoms with E-state index in [1.165, 1.54) is 0 Å². The van der Waals surface area contributed by atoms with Gasteiger partial charge in [0.15, 0.2) is 0 Å². The zero-order valence-electron chi connectivity index (χ0n) is 15.1. The largest absolute Gasteiger partial charge is 0.399 e. The van der Waals surface area contributed by atoms with Crippen molar-refractivity contribution in [1.82, 2.24) is 0 Å². The molecule has 2 aromatic carbocycles. The minimum atomic E-state index is -2.74. The van der Waals surface area contributed by atoms with Gasteiger partial charge >= 0.3 is 11.2 Å². The average molecular weight is 366 g/mol. The molecule has 0 atom stereocenters. The first-order valence-corrected chi connectivity index (χ1v) is 9.45. The normalized spacial score (nSPS) is 12.0. The molecule has 0 spiro atoms. The number of nitrogens with two attached hydrogens (primary N) is 2. The van der Waals surface area contributed by atoms with Crippen LogP contribution in [0.3, 0.4) is 0 Å². The predicted octanol–water partition coefficient (Wildman–Crippen LogP) is 4.46. The number of hydrogen-bond acceptors (Lipinski definition) is 6. The molecule has 0 fully saturated rings. The summed E-state index contributed by atoms with van der Waals surface area (Å²) in [6, 6.07) is 10.7. The number of anilines is 2. The lowest BCUT2D eigenvalue weighted by Crippen LogP contribution is -2.21. The van der Waals surface area contributed by atoms with E-state index in [1.807, 2.05) is 39.8 Å². The van der Waals surface area contributed by atoms with Crippen LogP contribution in [0.25, 0.3) is 0 Å². The van der Waals surface area contributed by atoms with Crippen LogP contribution in [-0.2, 0) is 8.37 Å². The van der Waals surface area contributed by atoms with E-state index in [9.17, 15) is 0 Å². The maximum atomic E-state index is 6.02. The molecule has 0 aromatic heterocycles. The molecule has 0 aliphatic rings. The van der Waals surface area contributed by atoms with Gasteiger partial charge in [0, 0.05) is 11.4 Å². The van der Waals surface area contributed by atoms with Gasteiger partial charge in [0.2, 0.25) is 0 Å². The highest BCUT2D eigenvalue weighted by molar-refractivity contribution is 8.18. The van der Waals surface area contributed by atoms with E-state index in [2.05, 4.69) is 0 Å². The number of hydrogen-bond donors (Lipinski definition) is 2. The van der Waals surface area contributed by atoms with Crippen LogP contribution in [0.1, 0.15) is 25.0 Å². The van der Waals surface area contributed by atoms with E-state index in [0.717, 1.165) is 11.1 Å². The lowest BCUT2D eigenvalue weighted by Gasteiger charge is -2.35. The van der Waals surface area contributed by atoms with E-state index in [0.29, 0.717) is 36.1 Å². The smallest absolute Gasteiger partial charge is 0.324 e. The highest BCUT2D eigenvalue weighted by Crippen LogP contribution is 2.52. The fourth-order valence-electron chi connectivity index (χ4n) is 2.07. The molecule has 0 heterocycles. The Kier molecular flexibility index (Phi) is 6.41. The molecule has 0 aliphatic carbocycles. The summed E-state index contributed by atoms with van der Waals surface area (Å²) >= 11 is -2.74. The van der Waals surface area contributed by atoms with Crippen LogP contribution in [0, 0.1) is 13.8 Å². The molecule has 2 rings (SSSR count). The number of benzene rings is 2. The minimum Gasteiger partial charge on any atom is -0.399 e. The maximum Gasteiger partial charge on any atom is 0.324 e. The van der Waals surface area contributed by atoms with E-state index < -0.39 is 11.2 Å². The summed E-state index contributed by atoms with van der Waals surface area (Å²) in [6.45, 7) is 8.27. The van der Waals surface area contributed by atoms with Gasteiger partial charge in [-0.25, -0.2) is 0 Å². The van der Waals surface area contributed by atoms with Crippen molar-refractivity contribution in [2.75, 3.05) is 24.7 Å². The van der Waals surface area contributed by atoms with Crippen LogP contribution in [0.5, 0.6) is 11.5 Å². The first-order chi connectivity index (χ1) is 11.9. The van der Waals surface area contributed by atoms with Crippen LogP contribution < -0.4 is 19.8 Å². The molecule has 0 unspecified atom stereocenters. The minimum absolute atomic E-state index is 0.372. The molecule has 138 valence electrons. The summed E-state index contributed by atoms with van der Waals surface area (Å²) in [7, 11) is 0. The lowest BCUT2D eigenvalue weighted by molar-refractivity contribution is 0.179. The molecule has 0 amide bonds. The Morgan fingerprint density at radius 1 is 0.760 bits per heavy atom. The Hall–Kier alpha value is -2.09. The Morgan fingerprint density at radius 2 is 1.16 bits per heavy atom. The Morgan fingerprint density at radius 3 is 1.48 bits per heavy atom. The number of aryl methyl sites for hydroxylation is 2. The average Bonchev–Trinajstić information content (AvgIpc) is 2.55. The molecule has 4 N–H and O–H groups in total. The van der Waals surface area contributed by atoms with Gasteiger partial charge in [0.05, 0.1) is 13.2 Å². The number of nitrogen functional groups attached to an aromatic ring is 2. The number of rotatable bonds is 8. The van der Waals surface area contributed by atoms with Gasteiger partial charge in [-0.15, -0.1) is 0 Å². The highest BCUT2D eigenvalue weighted by atomic mass is 32.3. The van der Waals surface area contributed by atoms with Crippen molar-refractivity contribution >= 4 is 22.5 Å². The molecule has 0 bridgehead atoms. The third kappa shape index (κ3) is 4.94. The zero-order valence-corrected chi connectivity index (χ0v) is 15.9. The Bertz CT molecular complexity index is 663. The van der Waals surface area contributed by atoms with Gasteiger partial charge in [-0.05, 0) is 75.2 Å².